The van der Waals surface area contributed by atoms with Gasteiger partial charge in [-0.05, 0) is 92.2 Å². The summed E-state index contributed by atoms with van der Waals surface area (Å²) in [6.45, 7) is 3.34. The van der Waals surface area contributed by atoms with Crippen LogP contribution >= 0.6 is 0 Å². The SMILES string of the molecule is COc1cc(C(c2c(C)[nH]n(-c3cccc(C(=O)O)c3)c2=O)c2c(C)[nH]n(-c3cccc(C(=O)O)c3)c2=O)ccc1Oc1ccc(F)cc1. The third-order valence-electron chi connectivity index (χ3n) is 8.08. The van der Waals surface area contributed by atoms with E-state index in [9.17, 15) is 33.8 Å². The highest BCUT2D eigenvalue weighted by atomic mass is 19.1. The average molecular weight is 665 g/mol. The van der Waals surface area contributed by atoms with Crippen molar-refractivity contribution in [3.05, 3.63) is 157 Å². The van der Waals surface area contributed by atoms with Gasteiger partial charge in [-0.3, -0.25) is 19.8 Å². The van der Waals surface area contributed by atoms with Crippen molar-refractivity contribution in [3.8, 4) is 28.6 Å². The zero-order chi connectivity index (χ0) is 35.0. The van der Waals surface area contributed by atoms with Crippen LogP contribution in [0.3, 0.4) is 0 Å². The summed E-state index contributed by atoms with van der Waals surface area (Å²) >= 11 is 0. The highest BCUT2D eigenvalue weighted by molar-refractivity contribution is 5.88. The van der Waals surface area contributed by atoms with Crippen LogP contribution in [0.15, 0.2) is 101 Å². The summed E-state index contributed by atoms with van der Waals surface area (Å²) in [5.74, 6) is -2.86. The number of methoxy groups -OCH3 is 1. The number of halogens is 1. The maximum Gasteiger partial charge on any atom is 0.335 e. The highest BCUT2D eigenvalue weighted by Crippen LogP contribution is 2.39. The molecule has 2 aromatic heterocycles. The van der Waals surface area contributed by atoms with Crippen molar-refractivity contribution in [2.24, 2.45) is 0 Å². The molecule has 6 rings (SSSR count). The first-order chi connectivity index (χ1) is 23.5. The molecule has 0 atom stereocenters. The van der Waals surface area contributed by atoms with Gasteiger partial charge in [-0.2, -0.15) is 0 Å². The van der Waals surface area contributed by atoms with E-state index in [1.807, 2.05) is 0 Å². The molecular formula is C36H29FN4O8. The third kappa shape index (κ3) is 6.12. The fraction of sp³-hybridized carbons (Fsp3) is 0.111. The van der Waals surface area contributed by atoms with Gasteiger partial charge in [0, 0.05) is 17.3 Å². The van der Waals surface area contributed by atoms with Crippen LogP contribution in [0.25, 0.3) is 11.4 Å². The fourth-order valence-corrected chi connectivity index (χ4v) is 5.77. The molecule has 0 saturated heterocycles. The van der Waals surface area contributed by atoms with E-state index in [0.29, 0.717) is 28.5 Å². The van der Waals surface area contributed by atoms with Crippen LogP contribution in [0.2, 0.25) is 0 Å². The first-order valence-electron chi connectivity index (χ1n) is 14.9. The van der Waals surface area contributed by atoms with Crippen LogP contribution in [0.5, 0.6) is 17.2 Å². The lowest BCUT2D eigenvalue weighted by molar-refractivity contribution is 0.0686. The molecule has 4 aromatic carbocycles. The Kier molecular flexibility index (Phi) is 8.49. The number of aromatic carboxylic acids is 2. The smallest absolute Gasteiger partial charge is 0.335 e. The molecule has 0 unspecified atom stereocenters. The summed E-state index contributed by atoms with van der Waals surface area (Å²) in [5.41, 5.74) is 1.10. The second-order valence-corrected chi connectivity index (χ2v) is 11.2. The van der Waals surface area contributed by atoms with Crippen LogP contribution in [0.1, 0.15) is 54.7 Å². The van der Waals surface area contributed by atoms with Gasteiger partial charge >= 0.3 is 11.9 Å². The summed E-state index contributed by atoms with van der Waals surface area (Å²) in [5, 5.41) is 25.1. The summed E-state index contributed by atoms with van der Waals surface area (Å²) in [4.78, 5) is 51.9. The van der Waals surface area contributed by atoms with Crippen molar-refractivity contribution in [3.63, 3.8) is 0 Å². The van der Waals surface area contributed by atoms with Gasteiger partial charge in [-0.25, -0.2) is 23.3 Å². The number of aromatic amines is 2. The zero-order valence-electron chi connectivity index (χ0n) is 26.4. The maximum absolute atomic E-state index is 14.3. The standard InChI is InChI=1S/C36H29FN4O8/c1-19-30(33(42)40(38-19)25-8-4-6-22(16-25)35(44)45)32(21-10-15-28(29(18-21)48-3)49-27-13-11-24(37)12-14-27)31-20(2)39-41(34(31)43)26-9-5-7-23(17-26)36(46)47/h4-18,32,38-39H,1-3H3,(H,44,45)(H,46,47). The molecule has 0 radical (unpaired) electrons. The minimum Gasteiger partial charge on any atom is -0.493 e. The van der Waals surface area contributed by atoms with Crippen molar-refractivity contribution in [1.29, 1.82) is 0 Å². The van der Waals surface area contributed by atoms with E-state index in [4.69, 9.17) is 9.47 Å². The second-order valence-electron chi connectivity index (χ2n) is 11.2. The van der Waals surface area contributed by atoms with Crippen LogP contribution in [-0.2, 0) is 0 Å². The molecule has 49 heavy (non-hydrogen) atoms. The zero-order valence-corrected chi connectivity index (χ0v) is 26.4. The largest absolute Gasteiger partial charge is 0.493 e. The Balaban J connectivity index is 1.56. The minimum absolute atomic E-state index is 0.0239. The van der Waals surface area contributed by atoms with Crippen LogP contribution < -0.4 is 20.6 Å². The van der Waals surface area contributed by atoms with Gasteiger partial charge < -0.3 is 19.7 Å². The number of nitrogens with one attached hydrogen (secondary N) is 2. The molecule has 0 aliphatic rings. The Labute approximate surface area is 277 Å². The number of rotatable bonds is 10. The van der Waals surface area contributed by atoms with E-state index in [1.54, 1.807) is 44.2 Å². The number of carboxylic acids is 2. The van der Waals surface area contributed by atoms with E-state index in [-0.39, 0.29) is 39.4 Å². The van der Waals surface area contributed by atoms with E-state index in [1.165, 1.54) is 77.1 Å². The average Bonchev–Trinajstić information content (AvgIpc) is 3.56. The van der Waals surface area contributed by atoms with Gasteiger partial charge in [0.15, 0.2) is 11.5 Å². The monoisotopic (exact) mass is 664 g/mol. The van der Waals surface area contributed by atoms with Crippen LogP contribution in [-0.4, -0.2) is 48.8 Å². The molecule has 13 heteroatoms. The predicted molar refractivity (Wildman–Crippen MR) is 177 cm³/mol. The number of aryl methyl sites for hydroxylation is 2. The number of aromatic nitrogens is 4. The van der Waals surface area contributed by atoms with Crippen molar-refractivity contribution in [2.75, 3.05) is 7.11 Å². The lowest BCUT2D eigenvalue weighted by Crippen LogP contribution is -2.25. The Morgan fingerprint density at radius 3 is 1.69 bits per heavy atom. The quantitative estimate of drug-likeness (QED) is 0.143. The predicted octanol–water partition coefficient (Wildman–Crippen LogP) is 5.78. The molecule has 0 bridgehead atoms. The maximum atomic E-state index is 14.3. The molecule has 6 aromatic rings. The fourth-order valence-electron chi connectivity index (χ4n) is 5.77. The lowest BCUT2D eigenvalue weighted by Gasteiger charge is -2.18. The van der Waals surface area contributed by atoms with Crippen molar-refractivity contribution >= 4 is 11.9 Å². The van der Waals surface area contributed by atoms with Gasteiger partial charge in [-0.15, -0.1) is 0 Å². The van der Waals surface area contributed by atoms with Crippen molar-refractivity contribution < 1.29 is 33.7 Å². The number of hydrogen-bond acceptors (Lipinski definition) is 6. The Morgan fingerprint density at radius 2 is 1.22 bits per heavy atom. The second kappa shape index (κ2) is 12.9. The highest BCUT2D eigenvalue weighted by Gasteiger charge is 2.32. The number of carbonyl (C=O) groups is 2. The summed E-state index contributed by atoms with van der Waals surface area (Å²) in [6, 6.07) is 22.1. The van der Waals surface area contributed by atoms with E-state index >= 15 is 0 Å². The van der Waals surface area contributed by atoms with Crippen LogP contribution in [0.4, 0.5) is 4.39 Å². The van der Waals surface area contributed by atoms with Gasteiger partial charge in [-0.1, -0.05) is 18.2 Å². The van der Waals surface area contributed by atoms with Gasteiger partial charge in [0.05, 0.1) is 40.7 Å². The molecule has 2 heterocycles. The molecule has 4 N–H and O–H groups in total. The molecular weight excluding hydrogens is 635 g/mol. The van der Waals surface area contributed by atoms with E-state index in [2.05, 4.69) is 10.2 Å². The van der Waals surface area contributed by atoms with Gasteiger partial charge in [0.1, 0.15) is 11.6 Å². The number of ether oxygens (including phenoxy) is 2. The molecule has 12 nitrogen and oxygen atoms in total. The number of H-pyrrole nitrogens is 2. The molecule has 248 valence electrons. The molecule has 0 saturated carbocycles. The number of carboxylic acid groups (broad SMARTS) is 2. The Bertz CT molecular complexity index is 2230. The first-order valence-corrected chi connectivity index (χ1v) is 14.9. The van der Waals surface area contributed by atoms with Crippen molar-refractivity contribution in [2.45, 2.75) is 19.8 Å². The number of hydrogen-bond donors (Lipinski definition) is 4. The normalized spacial score (nSPS) is 11.1. The number of nitrogens with zero attached hydrogens (tertiary/aromatic N) is 2. The van der Waals surface area contributed by atoms with Gasteiger partial charge in [0.25, 0.3) is 11.1 Å². The van der Waals surface area contributed by atoms with Gasteiger partial charge in [0.2, 0.25) is 0 Å². The molecule has 0 aliphatic heterocycles. The molecule has 0 aliphatic carbocycles. The van der Waals surface area contributed by atoms with E-state index in [0.717, 1.165) is 0 Å². The number of benzene rings is 4. The van der Waals surface area contributed by atoms with Crippen molar-refractivity contribution in [1.82, 2.24) is 19.6 Å². The topological polar surface area (TPSA) is 169 Å². The van der Waals surface area contributed by atoms with E-state index < -0.39 is 34.8 Å². The Morgan fingerprint density at radius 1 is 0.714 bits per heavy atom. The van der Waals surface area contributed by atoms with Crippen LogP contribution in [0, 0.1) is 19.7 Å². The minimum atomic E-state index is -1.17. The molecule has 0 amide bonds. The lowest BCUT2D eigenvalue weighted by atomic mass is 9.85. The summed E-state index contributed by atoms with van der Waals surface area (Å²) in [7, 11) is 1.43. The summed E-state index contributed by atoms with van der Waals surface area (Å²) in [6.07, 6.45) is 0. The first kappa shape index (κ1) is 32.3. The third-order valence-corrected chi connectivity index (χ3v) is 8.08. The summed E-state index contributed by atoms with van der Waals surface area (Å²) < 4.78 is 27.5. The molecule has 0 fully saturated rings. The Hall–Kier alpha value is -6.63. The molecule has 0 spiro atoms.